The van der Waals surface area contributed by atoms with E-state index in [-0.39, 0.29) is 16.2 Å². The number of oxime groups is 1. The van der Waals surface area contributed by atoms with Crippen molar-refractivity contribution in [3.8, 4) is 0 Å². The first-order valence-corrected chi connectivity index (χ1v) is 9.55. The SMILES string of the molecule is O=C1C(=NO)SC(CCCc2ccccc2)CN1OCc1ccccc1. The van der Waals surface area contributed by atoms with Crippen LogP contribution in [0.5, 0.6) is 0 Å². The van der Waals surface area contributed by atoms with Gasteiger partial charge < -0.3 is 5.21 Å². The summed E-state index contributed by atoms with van der Waals surface area (Å²) in [4.78, 5) is 18.0. The summed E-state index contributed by atoms with van der Waals surface area (Å²) in [5, 5.41) is 13.9. The molecule has 1 N–H and O–H groups in total. The Kier molecular flexibility index (Phi) is 6.68. The predicted octanol–water partition coefficient (Wildman–Crippen LogP) is 3.87. The molecule has 1 unspecified atom stereocenters. The number of benzene rings is 2. The molecule has 26 heavy (non-hydrogen) atoms. The molecule has 0 aliphatic carbocycles. The van der Waals surface area contributed by atoms with E-state index in [2.05, 4.69) is 17.3 Å². The molecule has 1 fully saturated rings. The molecule has 0 saturated carbocycles. The number of hydrogen-bond acceptors (Lipinski definition) is 5. The molecule has 6 heteroatoms. The summed E-state index contributed by atoms with van der Waals surface area (Å²) >= 11 is 1.33. The van der Waals surface area contributed by atoms with Gasteiger partial charge in [-0.2, -0.15) is 0 Å². The van der Waals surface area contributed by atoms with E-state index in [1.54, 1.807) is 0 Å². The Morgan fingerprint density at radius 1 is 1.08 bits per heavy atom. The van der Waals surface area contributed by atoms with Gasteiger partial charge in [-0.3, -0.25) is 9.63 Å². The summed E-state index contributed by atoms with van der Waals surface area (Å²) in [6.07, 6.45) is 2.90. The van der Waals surface area contributed by atoms with Crippen molar-refractivity contribution in [3.05, 3.63) is 71.8 Å². The lowest BCUT2D eigenvalue weighted by molar-refractivity contribution is -0.184. The molecule has 1 aliphatic heterocycles. The smallest absolute Gasteiger partial charge is 0.306 e. The van der Waals surface area contributed by atoms with Crippen molar-refractivity contribution in [1.82, 2.24) is 5.06 Å². The number of aryl methyl sites for hydroxylation is 1. The Labute approximate surface area is 157 Å². The largest absolute Gasteiger partial charge is 0.410 e. The first-order valence-electron chi connectivity index (χ1n) is 8.67. The molecule has 0 bridgehead atoms. The maximum absolute atomic E-state index is 12.3. The van der Waals surface area contributed by atoms with E-state index in [0.29, 0.717) is 13.2 Å². The van der Waals surface area contributed by atoms with E-state index in [1.165, 1.54) is 22.4 Å². The van der Waals surface area contributed by atoms with Crippen molar-refractivity contribution in [3.63, 3.8) is 0 Å². The van der Waals surface area contributed by atoms with Crippen LogP contribution in [0.25, 0.3) is 0 Å². The van der Waals surface area contributed by atoms with Gasteiger partial charge in [0.05, 0.1) is 6.54 Å². The molecule has 0 spiro atoms. The Morgan fingerprint density at radius 2 is 1.73 bits per heavy atom. The molecule has 0 aromatic heterocycles. The highest BCUT2D eigenvalue weighted by atomic mass is 32.2. The lowest BCUT2D eigenvalue weighted by Gasteiger charge is -2.31. The minimum Gasteiger partial charge on any atom is -0.410 e. The second-order valence-corrected chi connectivity index (χ2v) is 7.44. The van der Waals surface area contributed by atoms with Gasteiger partial charge in [0.1, 0.15) is 6.61 Å². The van der Waals surface area contributed by atoms with Crippen molar-refractivity contribution in [1.29, 1.82) is 0 Å². The Bertz CT molecular complexity index is 737. The van der Waals surface area contributed by atoms with E-state index >= 15 is 0 Å². The lowest BCUT2D eigenvalue weighted by Crippen LogP contribution is -2.45. The van der Waals surface area contributed by atoms with Crippen LogP contribution in [0, 0.1) is 0 Å². The van der Waals surface area contributed by atoms with Gasteiger partial charge in [-0.25, -0.2) is 5.06 Å². The van der Waals surface area contributed by atoms with Crippen LogP contribution in [0.2, 0.25) is 0 Å². The molecule has 1 aliphatic rings. The first kappa shape index (κ1) is 18.5. The van der Waals surface area contributed by atoms with Crippen molar-refractivity contribution in [2.24, 2.45) is 5.16 Å². The molecule has 1 atom stereocenters. The highest BCUT2D eigenvalue weighted by Crippen LogP contribution is 2.27. The third-order valence-electron chi connectivity index (χ3n) is 4.21. The summed E-state index contributed by atoms with van der Waals surface area (Å²) in [5.74, 6) is -0.382. The summed E-state index contributed by atoms with van der Waals surface area (Å²) < 4.78 is 0. The third-order valence-corrected chi connectivity index (χ3v) is 5.41. The van der Waals surface area contributed by atoms with E-state index in [9.17, 15) is 4.79 Å². The Hall–Kier alpha value is -2.31. The molecule has 1 saturated heterocycles. The average molecular weight is 370 g/mol. The number of hydrogen-bond donors (Lipinski definition) is 1. The highest BCUT2D eigenvalue weighted by Gasteiger charge is 2.33. The fourth-order valence-corrected chi connectivity index (χ4v) is 3.91. The Balaban J connectivity index is 1.54. The Morgan fingerprint density at radius 3 is 2.38 bits per heavy atom. The second kappa shape index (κ2) is 9.40. The number of hydroxylamine groups is 2. The van der Waals surface area contributed by atoms with Crippen LogP contribution in [0.1, 0.15) is 24.0 Å². The van der Waals surface area contributed by atoms with E-state index in [0.717, 1.165) is 24.8 Å². The van der Waals surface area contributed by atoms with Gasteiger partial charge in [0, 0.05) is 5.25 Å². The van der Waals surface area contributed by atoms with Gasteiger partial charge >= 0.3 is 5.91 Å². The van der Waals surface area contributed by atoms with Crippen molar-refractivity contribution in [2.75, 3.05) is 6.54 Å². The maximum atomic E-state index is 12.3. The quantitative estimate of drug-likeness (QED) is 0.594. The fraction of sp³-hybridized carbons (Fsp3) is 0.300. The summed E-state index contributed by atoms with van der Waals surface area (Å²) in [5.41, 5.74) is 2.29. The number of carbonyl (C=O) groups excluding carboxylic acids is 1. The molecular weight excluding hydrogens is 348 g/mol. The number of nitrogens with zero attached hydrogens (tertiary/aromatic N) is 2. The number of rotatable bonds is 7. The van der Waals surface area contributed by atoms with Gasteiger partial charge in [-0.15, -0.1) is 0 Å². The minimum atomic E-state index is -0.382. The van der Waals surface area contributed by atoms with Gasteiger partial charge in [-0.05, 0) is 30.4 Å². The van der Waals surface area contributed by atoms with Gasteiger partial charge in [0.25, 0.3) is 0 Å². The van der Waals surface area contributed by atoms with Crippen LogP contribution < -0.4 is 0 Å². The zero-order chi connectivity index (χ0) is 18.2. The van der Waals surface area contributed by atoms with E-state index in [1.807, 2.05) is 48.5 Å². The average Bonchev–Trinajstić information content (AvgIpc) is 2.69. The monoisotopic (exact) mass is 370 g/mol. The molecule has 136 valence electrons. The normalized spacial score (nSPS) is 19.1. The van der Waals surface area contributed by atoms with Crippen LogP contribution in [0.4, 0.5) is 0 Å². The summed E-state index contributed by atoms with van der Waals surface area (Å²) in [7, 11) is 0. The van der Waals surface area contributed by atoms with Crippen LogP contribution in [-0.4, -0.2) is 33.0 Å². The lowest BCUT2D eigenvalue weighted by atomic mass is 10.1. The predicted molar refractivity (Wildman–Crippen MR) is 103 cm³/mol. The molecule has 1 heterocycles. The molecule has 1 amide bonds. The molecule has 3 rings (SSSR count). The summed E-state index contributed by atoms with van der Waals surface area (Å²) in [6.45, 7) is 0.802. The van der Waals surface area contributed by atoms with Gasteiger partial charge in [-0.1, -0.05) is 77.6 Å². The van der Waals surface area contributed by atoms with Crippen LogP contribution >= 0.6 is 11.8 Å². The van der Waals surface area contributed by atoms with Crippen molar-refractivity contribution < 1.29 is 14.8 Å². The minimum absolute atomic E-state index is 0.0917. The van der Waals surface area contributed by atoms with E-state index in [4.69, 9.17) is 10.0 Å². The number of amides is 1. The number of carbonyl (C=O) groups is 1. The highest BCUT2D eigenvalue weighted by molar-refractivity contribution is 8.16. The van der Waals surface area contributed by atoms with Crippen molar-refractivity contribution >= 4 is 22.7 Å². The van der Waals surface area contributed by atoms with Gasteiger partial charge in [0.2, 0.25) is 5.04 Å². The standard InChI is InChI=1S/C20H22N2O3S/c23-20-19(21-24)26-18(13-7-12-16-8-3-1-4-9-16)14-22(20)25-15-17-10-5-2-6-11-17/h1-6,8-11,18,24H,7,12-15H2. The fourth-order valence-electron chi connectivity index (χ4n) is 2.85. The first-order chi connectivity index (χ1) is 12.8. The van der Waals surface area contributed by atoms with E-state index < -0.39 is 0 Å². The van der Waals surface area contributed by atoms with Crippen LogP contribution in [0.3, 0.4) is 0 Å². The zero-order valence-electron chi connectivity index (χ0n) is 14.5. The topological polar surface area (TPSA) is 62.1 Å². The summed E-state index contributed by atoms with van der Waals surface area (Å²) in [6, 6.07) is 20.0. The van der Waals surface area contributed by atoms with Crippen LogP contribution in [0.15, 0.2) is 65.8 Å². The zero-order valence-corrected chi connectivity index (χ0v) is 15.3. The molecule has 2 aromatic rings. The number of thioether (sulfide) groups is 1. The second-order valence-electron chi connectivity index (χ2n) is 6.15. The van der Waals surface area contributed by atoms with Gasteiger partial charge in [0.15, 0.2) is 0 Å². The maximum Gasteiger partial charge on any atom is 0.306 e. The van der Waals surface area contributed by atoms with Crippen molar-refractivity contribution in [2.45, 2.75) is 31.1 Å². The molecule has 5 nitrogen and oxygen atoms in total. The molecular formula is C20H22N2O3S. The van der Waals surface area contributed by atoms with Crippen LogP contribution in [-0.2, 0) is 22.7 Å². The molecule has 2 aromatic carbocycles. The molecule has 0 radical (unpaired) electrons. The third kappa shape index (κ3) is 5.09.